The first-order valence-corrected chi connectivity index (χ1v) is 7.45. The molecule has 0 aliphatic carbocycles. The van der Waals surface area contributed by atoms with Crippen molar-refractivity contribution in [3.8, 4) is 6.07 Å². The second-order valence-electron chi connectivity index (χ2n) is 5.04. The van der Waals surface area contributed by atoms with Crippen molar-refractivity contribution in [3.05, 3.63) is 57.5 Å². The number of nitriles is 1. The summed E-state index contributed by atoms with van der Waals surface area (Å²) in [6.07, 6.45) is 0. The van der Waals surface area contributed by atoms with E-state index in [0.717, 1.165) is 0 Å². The minimum atomic E-state index is -0.273. The molecule has 0 spiro atoms. The lowest BCUT2D eigenvalue weighted by Gasteiger charge is -2.21. The van der Waals surface area contributed by atoms with Gasteiger partial charge in [0.25, 0.3) is 0 Å². The summed E-state index contributed by atoms with van der Waals surface area (Å²) in [6.45, 7) is 4.70. The van der Waals surface area contributed by atoms with Crippen LogP contribution in [0.5, 0.6) is 0 Å². The highest BCUT2D eigenvalue weighted by Gasteiger charge is 2.16. The van der Waals surface area contributed by atoms with Gasteiger partial charge in [-0.25, -0.2) is 4.39 Å². The van der Waals surface area contributed by atoms with E-state index in [2.05, 4.69) is 25.2 Å². The van der Waals surface area contributed by atoms with Gasteiger partial charge < -0.3 is 5.32 Å². The molecule has 1 aromatic heterocycles. The zero-order valence-corrected chi connectivity index (χ0v) is 12.4. The van der Waals surface area contributed by atoms with E-state index in [0.29, 0.717) is 23.6 Å². The van der Waals surface area contributed by atoms with Gasteiger partial charge in [-0.3, -0.25) is 0 Å². The molecule has 4 heteroatoms. The standard InChI is InChI=1S/C16H17FN2S/c1-11(2)16(15-4-3-7-20-15)19-10-13-8-12(9-18)5-6-14(13)17/h3-8,11,16,19H,10H2,1-2H3. The van der Waals surface area contributed by atoms with Crippen LogP contribution in [0.2, 0.25) is 0 Å². The Bertz CT molecular complexity index is 599. The van der Waals surface area contributed by atoms with Gasteiger partial charge in [-0.15, -0.1) is 11.3 Å². The lowest BCUT2D eigenvalue weighted by atomic mass is 10.0. The molecule has 2 rings (SSSR count). The van der Waals surface area contributed by atoms with Crippen LogP contribution in [0.15, 0.2) is 35.7 Å². The van der Waals surface area contributed by atoms with Crippen molar-refractivity contribution in [1.82, 2.24) is 5.32 Å². The molecule has 1 heterocycles. The van der Waals surface area contributed by atoms with Gasteiger partial charge in [-0.05, 0) is 35.6 Å². The van der Waals surface area contributed by atoms with Crippen LogP contribution in [0.1, 0.15) is 35.9 Å². The maximum Gasteiger partial charge on any atom is 0.127 e. The third-order valence-corrected chi connectivity index (χ3v) is 4.16. The van der Waals surface area contributed by atoms with Crippen LogP contribution in [0.25, 0.3) is 0 Å². The maximum absolute atomic E-state index is 13.8. The van der Waals surface area contributed by atoms with Crippen molar-refractivity contribution in [1.29, 1.82) is 5.26 Å². The third-order valence-electron chi connectivity index (χ3n) is 3.20. The number of thiophene rings is 1. The molecule has 0 radical (unpaired) electrons. The molecule has 0 saturated carbocycles. The third kappa shape index (κ3) is 3.44. The van der Waals surface area contributed by atoms with Crippen LogP contribution in [-0.4, -0.2) is 0 Å². The number of hydrogen-bond donors (Lipinski definition) is 1. The molecule has 2 nitrogen and oxygen atoms in total. The lowest BCUT2D eigenvalue weighted by molar-refractivity contribution is 0.412. The second-order valence-corrected chi connectivity index (χ2v) is 6.02. The highest BCUT2D eigenvalue weighted by Crippen LogP contribution is 2.26. The van der Waals surface area contributed by atoms with Crippen molar-refractivity contribution in [2.24, 2.45) is 5.92 Å². The Labute approximate surface area is 122 Å². The van der Waals surface area contributed by atoms with E-state index in [4.69, 9.17) is 5.26 Å². The van der Waals surface area contributed by atoms with Gasteiger partial charge in [0.05, 0.1) is 11.6 Å². The molecule has 1 aromatic carbocycles. The summed E-state index contributed by atoms with van der Waals surface area (Å²) in [5.41, 5.74) is 1.02. The zero-order valence-electron chi connectivity index (χ0n) is 11.6. The Morgan fingerprint density at radius 3 is 2.75 bits per heavy atom. The minimum Gasteiger partial charge on any atom is -0.305 e. The van der Waals surface area contributed by atoms with Crippen LogP contribution in [0, 0.1) is 23.1 Å². The fraction of sp³-hybridized carbons (Fsp3) is 0.312. The van der Waals surface area contributed by atoms with Crippen molar-refractivity contribution >= 4 is 11.3 Å². The van der Waals surface area contributed by atoms with E-state index in [9.17, 15) is 4.39 Å². The van der Waals surface area contributed by atoms with Crippen molar-refractivity contribution in [2.75, 3.05) is 0 Å². The molecule has 1 atom stereocenters. The average Bonchev–Trinajstić information content (AvgIpc) is 2.94. The van der Waals surface area contributed by atoms with Gasteiger partial charge in [0.2, 0.25) is 0 Å². The molecule has 0 saturated heterocycles. The van der Waals surface area contributed by atoms with Crippen LogP contribution < -0.4 is 5.32 Å². The Morgan fingerprint density at radius 2 is 2.15 bits per heavy atom. The largest absolute Gasteiger partial charge is 0.305 e. The molecule has 0 amide bonds. The molecule has 1 unspecified atom stereocenters. The Balaban J connectivity index is 2.12. The topological polar surface area (TPSA) is 35.8 Å². The van der Waals surface area contributed by atoms with Crippen LogP contribution >= 0.6 is 11.3 Å². The van der Waals surface area contributed by atoms with E-state index < -0.39 is 0 Å². The monoisotopic (exact) mass is 288 g/mol. The summed E-state index contributed by atoms with van der Waals surface area (Å²) in [4.78, 5) is 1.25. The highest BCUT2D eigenvalue weighted by molar-refractivity contribution is 7.10. The molecule has 2 aromatic rings. The lowest BCUT2D eigenvalue weighted by Crippen LogP contribution is -2.25. The first-order chi connectivity index (χ1) is 9.61. The summed E-state index contributed by atoms with van der Waals surface area (Å²) in [7, 11) is 0. The molecular formula is C16H17FN2S. The molecule has 0 aliphatic heterocycles. The normalized spacial score (nSPS) is 12.3. The minimum absolute atomic E-state index is 0.195. The second kappa shape index (κ2) is 6.65. The first kappa shape index (κ1) is 14.7. The Morgan fingerprint density at radius 1 is 1.35 bits per heavy atom. The average molecular weight is 288 g/mol. The summed E-state index contributed by atoms with van der Waals surface area (Å²) < 4.78 is 13.8. The number of benzene rings is 1. The summed E-state index contributed by atoms with van der Waals surface area (Å²) in [5.74, 6) is 0.140. The summed E-state index contributed by atoms with van der Waals surface area (Å²) >= 11 is 1.70. The van der Waals surface area contributed by atoms with Gasteiger partial charge in [0, 0.05) is 23.0 Å². The molecule has 0 bridgehead atoms. The molecule has 1 N–H and O–H groups in total. The predicted molar refractivity (Wildman–Crippen MR) is 79.9 cm³/mol. The fourth-order valence-electron chi connectivity index (χ4n) is 2.13. The van der Waals surface area contributed by atoms with Crippen molar-refractivity contribution in [2.45, 2.75) is 26.4 Å². The van der Waals surface area contributed by atoms with Crippen LogP contribution in [0.3, 0.4) is 0 Å². The van der Waals surface area contributed by atoms with E-state index in [1.54, 1.807) is 17.4 Å². The van der Waals surface area contributed by atoms with Gasteiger partial charge in [0.15, 0.2) is 0 Å². The van der Waals surface area contributed by atoms with Gasteiger partial charge in [-0.2, -0.15) is 5.26 Å². The van der Waals surface area contributed by atoms with E-state index >= 15 is 0 Å². The Hall–Kier alpha value is -1.70. The van der Waals surface area contributed by atoms with Crippen molar-refractivity contribution < 1.29 is 4.39 Å². The number of hydrogen-bond acceptors (Lipinski definition) is 3. The van der Waals surface area contributed by atoms with Gasteiger partial charge >= 0.3 is 0 Å². The number of nitrogens with one attached hydrogen (secondary N) is 1. The van der Waals surface area contributed by atoms with Crippen molar-refractivity contribution in [3.63, 3.8) is 0 Å². The summed E-state index contributed by atoms with van der Waals surface area (Å²) in [5, 5.41) is 14.3. The van der Waals surface area contributed by atoms with E-state index in [-0.39, 0.29) is 11.9 Å². The van der Waals surface area contributed by atoms with Crippen LogP contribution in [-0.2, 0) is 6.54 Å². The number of halogens is 1. The quantitative estimate of drug-likeness (QED) is 0.893. The van der Waals surface area contributed by atoms with Gasteiger partial charge in [-0.1, -0.05) is 19.9 Å². The summed E-state index contributed by atoms with van der Waals surface area (Å²) in [6, 6.07) is 10.8. The maximum atomic E-state index is 13.8. The molecule has 104 valence electrons. The zero-order chi connectivity index (χ0) is 14.5. The number of rotatable bonds is 5. The SMILES string of the molecule is CC(C)C(NCc1cc(C#N)ccc1F)c1cccs1. The predicted octanol–water partition coefficient (Wildman–Crippen LogP) is 4.25. The fourth-order valence-corrected chi connectivity index (χ4v) is 3.11. The van der Waals surface area contributed by atoms with E-state index in [1.807, 2.05) is 17.5 Å². The Kier molecular flexibility index (Phi) is 4.89. The highest BCUT2D eigenvalue weighted by atomic mass is 32.1. The molecule has 0 aliphatic rings. The molecule has 20 heavy (non-hydrogen) atoms. The van der Waals surface area contributed by atoms with E-state index in [1.165, 1.54) is 17.0 Å². The first-order valence-electron chi connectivity index (χ1n) is 6.57. The smallest absolute Gasteiger partial charge is 0.127 e. The van der Waals surface area contributed by atoms with Crippen LogP contribution in [0.4, 0.5) is 4.39 Å². The number of nitrogens with zero attached hydrogens (tertiary/aromatic N) is 1. The molecular weight excluding hydrogens is 271 g/mol. The van der Waals surface area contributed by atoms with Gasteiger partial charge in [0.1, 0.15) is 5.82 Å². The molecule has 0 fully saturated rings.